The molecule has 0 saturated heterocycles. The van der Waals surface area contributed by atoms with E-state index in [2.05, 4.69) is 44.0 Å². The van der Waals surface area contributed by atoms with Gasteiger partial charge >= 0.3 is 0 Å². The summed E-state index contributed by atoms with van der Waals surface area (Å²) in [6.07, 6.45) is 0. The standard InChI is InChI=1S/C13H6Br2N2S3/c14-9-4-6(13(15)20-9)12-10(7-2-1-3-18-7)11(17)8(5-16)19-12/h1-4H,17H2. The summed E-state index contributed by atoms with van der Waals surface area (Å²) in [4.78, 5) is 2.69. The molecule has 7 heteroatoms. The van der Waals surface area contributed by atoms with Gasteiger partial charge in [-0.2, -0.15) is 5.26 Å². The van der Waals surface area contributed by atoms with Crippen molar-refractivity contribution in [1.29, 1.82) is 5.26 Å². The van der Waals surface area contributed by atoms with Crippen LogP contribution in [0.4, 0.5) is 5.69 Å². The molecule has 0 aliphatic heterocycles. The number of nitriles is 1. The van der Waals surface area contributed by atoms with Gasteiger partial charge in [-0.15, -0.1) is 34.0 Å². The first kappa shape index (κ1) is 14.3. The molecule has 0 spiro atoms. The number of nitrogens with two attached hydrogens (primary N) is 1. The number of nitrogens with zero attached hydrogens (tertiary/aromatic N) is 1. The molecule has 2 nitrogen and oxygen atoms in total. The third-order valence-electron chi connectivity index (χ3n) is 2.72. The maximum atomic E-state index is 9.24. The van der Waals surface area contributed by atoms with E-state index < -0.39 is 0 Å². The van der Waals surface area contributed by atoms with Crippen molar-refractivity contribution in [2.75, 3.05) is 5.73 Å². The normalized spacial score (nSPS) is 10.7. The van der Waals surface area contributed by atoms with Crippen LogP contribution in [-0.2, 0) is 0 Å². The topological polar surface area (TPSA) is 49.8 Å². The van der Waals surface area contributed by atoms with Gasteiger partial charge in [-0.3, -0.25) is 0 Å². The highest BCUT2D eigenvalue weighted by molar-refractivity contribution is 9.12. The highest BCUT2D eigenvalue weighted by atomic mass is 79.9. The van der Waals surface area contributed by atoms with Crippen LogP contribution in [0, 0.1) is 11.3 Å². The smallest absolute Gasteiger partial charge is 0.129 e. The molecule has 100 valence electrons. The first-order valence-corrected chi connectivity index (χ1v) is 9.53. The van der Waals surface area contributed by atoms with Crippen molar-refractivity contribution in [3.63, 3.8) is 0 Å². The van der Waals surface area contributed by atoms with Crippen molar-refractivity contribution < 1.29 is 0 Å². The number of rotatable bonds is 2. The molecule has 20 heavy (non-hydrogen) atoms. The van der Waals surface area contributed by atoms with Gasteiger partial charge in [-0.25, -0.2) is 0 Å². The molecule has 0 unspecified atom stereocenters. The monoisotopic (exact) mass is 444 g/mol. The Morgan fingerprint density at radius 2 is 2.05 bits per heavy atom. The zero-order valence-electron chi connectivity index (χ0n) is 9.81. The molecular formula is C13H6Br2N2S3. The van der Waals surface area contributed by atoms with Gasteiger partial charge in [-0.1, -0.05) is 6.07 Å². The van der Waals surface area contributed by atoms with E-state index in [-0.39, 0.29) is 0 Å². The third kappa shape index (κ3) is 2.36. The quantitative estimate of drug-likeness (QED) is 0.511. The number of nitrogen functional groups attached to an aromatic ring is 1. The van der Waals surface area contributed by atoms with Crippen LogP contribution >= 0.6 is 65.9 Å². The lowest BCUT2D eigenvalue weighted by Crippen LogP contribution is -1.87. The first-order chi connectivity index (χ1) is 9.61. The summed E-state index contributed by atoms with van der Waals surface area (Å²) in [6, 6.07) is 8.26. The molecule has 0 aliphatic carbocycles. The Labute approximate surface area is 144 Å². The van der Waals surface area contributed by atoms with Crippen molar-refractivity contribution in [3.05, 3.63) is 36.0 Å². The Balaban J connectivity index is 2.31. The number of hydrogen-bond acceptors (Lipinski definition) is 5. The second-order valence-electron chi connectivity index (χ2n) is 3.88. The van der Waals surface area contributed by atoms with Crippen LogP contribution in [0.3, 0.4) is 0 Å². The molecule has 3 heterocycles. The molecular weight excluding hydrogens is 440 g/mol. The average molecular weight is 446 g/mol. The molecule has 0 amide bonds. The molecule has 0 atom stereocenters. The van der Waals surface area contributed by atoms with Gasteiger partial charge < -0.3 is 5.73 Å². The van der Waals surface area contributed by atoms with E-state index in [0.29, 0.717) is 10.6 Å². The van der Waals surface area contributed by atoms with Crippen LogP contribution in [-0.4, -0.2) is 0 Å². The summed E-state index contributed by atoms with van der Waals surface area (Å²) in [6.45, 7) is 0. The molecule has 0 fully saturated rings. The van der Waals surface area contributed by atoms with E-state index in [1.165, 1.54) is 11.3 Å². The van der Waals surface area contributed by atoms with Gasteiger partial charge in [0.2, 0.25) is 0 Å². The largest absolute Gasteiger partial charge is 0.396 e. The Morgan fingerprint density at radius 1 is 1.25 bits per heavy atom. The Kier molecular flexibility index (Phi) is 4.02. The summed E-state index contributed by atoms with van der Waals surface area (Å²) >= 11 is 11.8. The van der Waals surface area contributed by atoms with Crippen LogP contribution in [0.25, 0.3) is 20.9 Å². The predicted molar refractivity (Wildman–Crippen MR) is 95.5 cm³/mol. The van der Waals surface area contributed by atoms with E-state index >= 15 is 0 Å². The van der Waals surface area contributed by atoms with Gasteiger partial charge in [0.1, 0.15) is 10.9 Å². The highest BCUT2D eigenvalue weighted by Crippen LogP contribution is 2.50. The molecule has 0 bridgehead atoms. The number of anilines is 1. The Bertz CT molecular complexity index is 810. The van der Waals surface area contributed by atoms with Crippen molar-refractivity contribution in [1.82, 2.24) is 0 Å². The van der Waals surface area contributed by atoms with E-state index in [0.717, 1.165) is 28.5 Å². The first-order valence-electron chi connectivity index (χ1n) is 5.43. The van der Waals surface area contributed by atoms with Crippen LogP contribution < -0.4 is 5.73 Å². The number of halogens is 2. The Hall–Kier alpha value is -0.650. The van der Waals surface area contributed by atoms with Crippen molar-refractivity contribution in [2.45, 2.75) is 0 Å². The minimum Gasteiger partial charge on any atom is -0.396 e. The second kappa shape index (κ2) is 5.62. The van der Waals surface area contributed by atoms with Gasteiger partial charge in [0.25, 0.3) is 0 Å². The van der Waals surface area contributed by atoms with Gasteiger partial charge in [-0.05, 0) is 49.4 Å². The van der Waals surface area contributed by atoms with Gasteiger partial charge in [0, 0.05) is 20.9 Å². The molecule has 3 rings (SSSR count). The van der Waals surface area contributed by atoms with Crippen LogP contribution in [0.2, 0.25) is 0 Å². The highest BCUT2D eigenvalue weighted by Gasteiger charge is 2.22. The molecule has 0 radical (unpaired) electrons. The number of thiophene rings is 3. The van der Waals surface area contributed by atoms with E-state index in [4.69, 9.17) is 5.73 Å². The van der Waals surface area contributed by atoms with Crippen molar-refractivity contribution >= 4 is 71.6 Å². The van der Waals surface area contributed by atoms with Gasteiger partial charge in [0.15, 0.2) is 0 Å². The third-order valence-corrected chi connectivity index (χ3v) is 7.09. The second-order valence-corrected chi connectivity index (χ2v) is 9.59. The fraction of sp³-hybridized carbons (Fsp3) is 0. The van der Waals surface area contributed by atoms with E-state index in [1.807, 2.05) is 17.5 Å². The van der Waals surface area contributed by atoms with Crippen LogP contribution in [0.15, 0.2) is 31.2 Å². The summed E-state index contributed by atoms with van der Waals surface area (Å²) in [5.41, 5.74) is 8.78. The van der Waals surface area contributed by atoms with Crippen LogP contribution in [0.5, 0.6) is 0 Å². The van der Waals surface area contributed by atoms with E-state index in [1.54, 1.807) is 22.7 Å². The molecule has 3 aromatic heterocycles. The van der Waals surface area contributed by atoms with Crippen molar-refractivity contribution in [2.24, 2.45) is 0 Å². The lowest BCUT2D eigenvalue weighted by atomic mass is 10.1. The fourth-order valence-corrected chi connectivity index (χ4v) is 6.80. The summed E-state index contributed by atoms with van der Waals surface area (Å²) < 4.78 is 2.08. The molecule has 0 aliphatic rings. The SMILES string of the molecule is N#Cc1sc(-c2cc(Br)sc2Br)c(-c2cccs2)c1N. The minimum absolute atomic E-state index is 0.567. The lowest BCUT2D eigenvalue weighted by Gasteiger charge is -2.02. The lowest BCUT2D eigenvalue weighted by molar-refractivity contribution is 1.52. The summed E-state index contributed by atoms with van der Waals surface area (Å²) in [5, 5.41) is 11.3. The molecule has 0 aromatic carbocycles. The number of hydrogen-bond donors (Lipinski definition) is 1. The summed E-state index contributed by atoms with van der Waals surface area (Å²) in [7, 11) is 0. The molecule has 2 N–H and O–H groups in total. The maximum absolute atomic E-state index is 9.24. The predicted octanol–water partition coefficient (Wildman–Crippen LogP) is 6.18. The van der Waals surface area contributed by atoms with E-state index in [9.17, 15) is 5.26 Å². The van der Waals surface area contributed by atoms with Crippen LogP contribution in [0.1, 0.15) is 4.88 Å². The summed E-state index contributed by atoms with van der Waals surface area (Å²) in [5.74, 6) is 0. The van der Waals surface area contributed by atoms with Gasteiger partial charge in [0.05, 0.1) is 13.3 Å². The Morgan fingerprint density at radius 3 is 2.60 bits per heavy atom. The molecule has 3 aromatic rings. The van der Waals surface area contributed by atoms with Crippen molar-refractivity contribution in [3.8, 4) is 27.0 Å². The molecule has 0 saturated carbocycles. The minimum atomic E-state index is 0.567. The maximum Gasteiger partial charge on any atom is 0.129 e. The fourth-order valence-electron chi connectivity index (χ4n) is 1.88. The zero-order valence-corrected chi connectivity index (χ0v) is 15.4. The zero-order chi connectivity index (χ0) is 14.3. The average Bonchev–Trinajstić information content (AvgIpc) is 3.09.